The Balaban J connectivity index is 2.19. The van der Waals surface area contributed by atoms with Crippen molar-refractivity contribution in [2.24, 2.45) is 11.8 Å². The van der Waals surface area contributed by atoms with Crippen LogP contribution >= 0.6 is 0 Å². The van der Waals surface area contributed by atoms with E-state index in [1.54, 1.807) is 12.1 Å². The number of nitrogens with zero attached hydrogens (tertiary/aromatic N) is 1. The summed E-state index contributed by atoms with van der Waals surface area (Å²) in [5.41, 5.74) is 1.14. The molecule has 0 amide bonds. The van der Waals surface area contributed by atoms with Crippen molar-refractivity contribution >= 4 is 11.8 Å². The molecular weight excluding hydrogens is 252 g/mol. The number of carbonyl (C=O) groups is 1. The fraction of sp³-hybridized carbons (Fsp3) is 0.625. The molecule has 0 saturated heterocycles. The van der Waals surface area contributed by atoms with Crippen molar-refractivity contribution in [2.75, 3.05) is 5.32 Å². The SMILES string of the molecule is CCc1cc(C(=O)O)cc(NC2CCCC(C)C2C)n1. The van der Waals surface area contributed by atoms with E-state index in [0.29, 0.717) is 29.3 Å². The number of aromatic nitrogens is 1. The number of hydrogen-bond donors (Lipinski definition) is 2. The Morgan fingerprint density at radius 2 is 2.15 bits per heavy atom. The van der Waals surface area contributed by atoms with Crippen LogP contribution < -0.4 is 5.32 Å². The van der Waals surface area contributed by atoms with Gasteiger partial charge in [-0.25, -0.2) is 9.78 Å². The van der Waals surface area contributed by atoms with Crippen LogP contribution in [0.2, 0.25) is 0 Å². The number of rotatable bonds is 4. The molecule has 1 aliphatic carbocycles. The largest absolute Gasteiger partial charge is 0.478 e. The van der Waals surface area contributed by atoms with E-state index in [0.717, 1.165) is 18.5 Å². The van der Waals surface area contributed by atoms with E-state index in [-0.39, 0.29) is 0 Å². The van der Waals surface area contributed by atoms with Crippen LogP contribution in [0, 0.1) is 11.8 Å². The quantitative estimate of drug-likeness (QED) is 0.882. The Kier molecular flexibility index (Phi) is 4.63. The molecule has 2 rings (SSSR count). The van der Waals surface area contributed by atoms with E-state index in [2.05, 4.69) is 24.1 Å². The smallest absolute Gasteiger partial charge is 0.335 e. The summed E-state index contributed by atoms with van der Waals surface area (Å²) in [4.78, 5) is 15.7. The zero-order valence-corrected chi connectivity index (χ0v) is 12.5. The molecule has 4 nitrogen and oxygen atoms in total. The minimum Gasteiger partial charge on any atom is -0.478 e. The highest BCUT2D eigenvalue weighted by molar-refractivity contribution is 5.88. The number of carboxylic acid groups (broad SMARTS) is 1. The van der Waals surface area contributed by atoms with Gasteiger partial charge in [0.15, 0.2) is 0 Å². The third-order valence-corrected chi connectivity index (χ3v) is 4.53. The molecule has 1 heterocycles. The van der Waals surface area contributed by atoms with Gasteiger partial charge in [-0.3, -0.25) is 0 Å². The van der Waals surface area contributed by atoms with Crippen molar-refractivity contribution in [3.05, 3.63) is 23.4 Å². The van der Waals surface area contributed by atoms with Crippen LogP contribution in [-0.4, -0.2) is 22.1 Å². The van der Waals surface area contributed by atoms with Crippen molar-refractivity contribution in [2.45, 2.75) is 52.5 Å². The first-order chi connectivity index (χ1) is 9.51. The van der Waals surface area contributed by atoms with Crippen LogP contribution in [0.4, 0.5) is 5.82 Å². The molecule has 1 aromatic heterocycles. The van der Waals surface area contributed by atoms with Crippen LogP contribution in [0.15, 0.2) is 12.1 Å². The number of nitrogens with one attached hydrogen (secondary N) is 1. The first-order valence-corrected chi connectivity index (χ1v) is 7.52. The predicted octanol–water partition coefficient (Wildman–Crippen LogP) is 3.58. The van der Waals surface area contributed by atoms with Crippen molar-refractivity contribution in [1.29, 1.82) is 0 Å². The maximum atomic E-state index is 11.2. The maximum absolute atomic E-state index is 11.2. The summed E-state index contributed by atoms with van der Waals surface area (Å²) in [6, 6.07) is 3.69. The summed E-state index contributed by atoms with van der Waals surface area (Å²) in [6.45, 7) is 6.55. The van der Waals surface area contributed by atoms with E-state index in [9.17, 15) is 9.90 Å². The molecule has 0 radical (unpaired) electrons. The second kappa shape index (κ2) is 6.25. The second-order valence-corrected chi connectivity index (χ2v) is 5.91. The molecule has 4 heteroatoms. The van der Waals surface area contributed by atoms with Crippen molar-refractivity contribution < 1.29 is 9.90 Å². The van der Waals surface area contributed by atoms with Crippen LogP contribution in [-0.2, 0) is 6.42 Å². The van der Waals surface area contributed by atoms with E-state index < -0.39 is 5.97 Å². The lowest BCUT2D eigenvalue weighted by Crippen LogP contribution is -2.35. The Morgan fingerprint density at radius 1 is 1.40 bits per heavy atom. The molecule has 1 saturated carbocycles. The summed E-state index contributed by atoms with van der Waals surface area (Å²) >= 11 is 0. The summed E-state index contributed by atoms with van der Waals surface area (Å²) in [6.07, 6.45) is 4.38. The molecule has 0 bridgehead atoms. The highest BCUT2D eigenvalue weighted by Gasteiger charge is 2.27. The summed E-state index contributed by atoms with van der Waals surface area (Å²) < 4.78 is 0. The van der Waals surface area contributed by atoms with E-state index in [4.69, 9.17) is 0 Å². The van der Waals surface area contributed by atoms with Gasteiger partial charge in [0.2, 0.25) is 0 Å². The van der Waals surface area contributed by atoms with E-state index >= 15 is 0 Å². The highest BCUT2D eigenvalue weighted by atomic mass is 16.4. The Bertz CT molecular complexity index is 487. The third-order valence-electron chi connectivity index (χ3n) is 4.53. The second-order valence-electron chi connectivity index (χ2n) is 5.91. The van der Waals surface area contributed by atoms with Gasteiger partial charge in [-0.2, -0.15) is 0 Å². The van der Waals surface area contributed by atoms with Crippen LogP contribution in [0.3, 0.4) is 0 Å². The first kappa shape index (κ1) is 14.8. The van der Waals surface area contributed by atoms with Crippen LogP contribution in [0.1, 0.15) is 56.1 Å². The average molecular weight is 276 g/mol. The fourth-order valence-corrected chi connectivity index (χ4v) is 2.94. The molecule has 1 aromatic rings. The van der Waals surface area contributed by atoms with Gasteiger partial charge in [0, 0.05) is 11.7 Å². The van der Waals surface area contributed by atoms with Gasteiger partial charge in [0.05, 0.1) is 5.56 Å². The van der Waals surface area contributed by atoms with Gasteiger partial charge >= 0.3 is 5.97 Å². The van der Waals surface area contributed by atoms with Gasteiger partial charge < -0.3 is 10.4 Å². The van der Waals surface area contributed by atoms with Crippen molar-refractivity contribution in [1.82, 2.24) is 4.98 Å². The maximum Gasteiger partial charge on any atom is 0.335 e. The minimum absolute atomic E-state index is 0.316. The van der Waals surface area contributed by atoms with Gasteiger partial charge in [-0.1, -0.05) is 33.6 Å². The standard InChI is InChI=1S/C16H24N2O2/c1-4-13-8-12(16(19)20)9-15(17-13)18-14-7-5-6-10(2)11(14)3/h8-11,14H,4-7H2,1-3H3,(H,17,18)(H,19,20). The van der Waals surface area contributed by atoms with Crippen molar-refractivity contribution in [3.8, 4) is 0 Å². The van der Waals surface area contributed by atoms with Crippen LogP contribution in [0.5, 0.6) is 0 Å². The van der Waals surface area contributed by atoms with E-state index in [1.165, 1.54) is 12.8 Å². The topological polar surface area (TPSA) is 62.2 Å². The molecule has 1 aliphatic rings. The molecule has 0 aliphatic heterocycles. The molecule has 3 atom stereocenters. The zero-order valence-electron chi connectivity index (χ0n) is 12.5. The van der Waals surface area contributed by atoms with Crippen LogP contribution in [0.25, 0.3) is 0 Å². The number of carboxylic acids is 1. The monoisotopic (exact) mass is 276 g/mol. The number of pyridine rings is 1. The molecule has 1 fully saturated rings. The molecule has 110 valence electrons. The van der Waals surface area contributed by atoms with Gasteiger partial charge in [0.1, 0.15) is 5.82 Å². The Morgan fingerprint density at radius 3 is 2.80 bits per heavy atom. The summed E-state index contributed by atoms with van der Waals surface area (Å²) in [5, 5.41) is 12.6. The first-order valence-electron chi connectivity index (χ1n) is 7.52. The van der Waals surface area contributed by atoms with E-state index in [1.807, 2.05) is 6.92 Å². The molecule has 2 N–H and O–H groups in total. The Hall–Kier alpha value is -1.58. The lowest BCUT2D eigenvalue weighted by molar-refractivity contribution is 0.0696. The minimum atomic E-state index is -0.893. The molecule has 3 unspecified atom stereocenters. The number of anilines is 1. The van der Waals surface area contributed by atoms with Gasteiger partial charge in [-0.15, -0.1) is 0 Å². The fourth-order valence-electron chi connectivity index (χ4n) is 2.94. The highest BCUT2D eigenvalue weighted by Crippen LogP contribution is 2.31. The number of aromatic carboxylic acids is 1. The lowest BCUT2D eigenvalue weighted by Gasteiger charge is -2.35. The summed E-state index contributed by atoms with van der Waals surface area (Å²) in [5.74, 6) is 1.10. The van der Waals surface area contributed by atoms with Crippen molar-refractivity contribution in [3.63, 3.8) is 0 Å². The lowest BCUT2D eigenvalue weighted by atomic mass is 9.78. The molecule has 0 aromatic carbocycles. The van der Waals surface area contributed by atoms with Gasteiger partial charge in [0.25, 0.3) is 0 Å². The zero-order chi connectivity index (χ0) is 14.7. The average Bonchev–Trinajstić information content (AvgIpc) is 2.43. The number of aryl methyl sites for hydroxylation is 1. The number of hydrogen-bond acceptors (Lipinski definition) is 3. The summed E-state index contributed by atoms with van der Waals surface area (Å²) in [7, 11) is 0. The predicted molar refractivity (Wildman–Crippen MR) is 80.2 cm³/mol. The Labute approximate surface area is 120 Å². The molecule has 20 heavy (non-hydrogen) atoms. The third kappa shape index (κ3) is 3.30. The molecule has 0 spiro atoms. The normalized spacial score (nSPS) is 26.2. The van der Waals surface area contributed by atoms with Gasteiger partial charge in [-0.05, 0) is 36.8 Å². The molecular formula is C16H24N2O2.